The molecule has 0 aliphatic carbocycles. The molecule has 1 unspecified atom stereocenters. The Bertz CT molecular complexity index is 388. The molecule has 0 heterocycles. The second-order valence-electron chi connectivity index (χ2n) is 5.58. The molecule has 0 amide bonds. The number of aryl methyl sites for hydroxylation is 1. The second kappa shape index (κ2) is 6.30. The quantitative estimate of drug-likeness (QED) is 0.764. The van der Waals surface area contributed by atoms with Gasteiger partial charge in [0.1, 0.15) is 5.82 Å². The van der Waals surface area contributed by atoms with Crippen molar-refractivity contribution in [3.63, 3.8) is 0 Å². The fourth-order valence-electron chi connectivity index (χ4n) is 2.09. The van der Waals surface area contributed by atoms with Gasteiger partial charge < -0.3 is 10.4 Å². The van der Waals surface area contributed by atoms with Gasteiger partial charge in [-0.3, -0.25) is 0 Å². The lowest BCUT2D eigenvalue weighted by atomic mass is 9.89. The van der Waals surface area contributed by atoms with E-state index in [1.165, 1.54) is 12.1 Å². The molecule has 0 bridgehead atoms. The molecule has 0 saturated carbocycles. The number of hydrogen-bond acceptors (Lipinski definition) is 2. The summed E-state index contributed by atoms with van der Waals surface area (Å²) in [5.74, 6) is 0.340. The first-order valence-corrected chi connectivity index (χ1v) is 6.52. The fraction of sp³-hybridized carbons (Fsp3) is 0.600. The van der Waals surface area contributed by atoms with Crippen LogP contribution in [0.3, 0.4) is 0 Å². The minimum absolute atomic E-state index is 0.259. The van der Waals surface area contributed by atoms with Gasteiger partial charge in [-0.25, -0.2) is 4.39 Å². The van der Waals surface area contributed by atoms with Gasteiger partial charge in [-0.05, 0) is 62.5 Å². The Kier molecular flexibility index (Phi) is 5.29. The summed E-state index contributed by atoms with van der Waals surface area (Å²) in [6.07, 6.45) is 0.617. The third-order valence-corrected chi connectivity index (χ3v) is 3.11. The van der Waals surface area contributed by atoms with E-state index in [1.54, 1.807) is 13.0 Å². The van der Waals surface area contributed by atoms with Crippen molar-refractivity contribution in [3.05, 3.63) is 35.1 Å². The number of halogens is 1. The second-order valence-corrected chi connectivity index (χ2v) is 5.58. The molecule has 2 N–H and O–H groups in total. The standard InChI is InChI=1S/C15H24FNO/c1-11(2)10-17-8-7-15(4,18)14-6-5-13(16)9-12(14)3/h5-6,9,11,17-18H,7-8,10H2,1-4H3. The molecule has 0 aromatic heterocycles. The SMILES string of the molecule is Cc1cc(F)ccc1C(C)(O)CCNCC(C)C. The first-order valence-electron chi connectivity index (χ1n) is 6.52. The van der Waals surface area contributed by atoms with E-state index in [9.17, 15) is 9.50 Å². The normalized spacial score (nSPS) is 14.8. The molecule has 0 saturated heterocycles. The van der Waals surface area contributed by atoms with Crippen molar-refractivity contribution in [1.82, 2.24) is 5.32 Å². The topological polar surface area (TPSA) is 32.3 Å². The maximum atomic E-state index is 13.0. The molecule has 1 rings (SSSR count). The van der Waals surface area contributed by atoms with Gasteiger partial charge in [0.05, 0.1) is 5.60 Å². The van der Waals surface area contributed by atoms with Crippen LogP contribution in [0.4, 0.5) is 4.39 Å². The van der Waals surface area contributed by atoms with Crippen LogP contribution in [0.25, 0.3) is 0 Å². The van der Waals surface area contributed by atoms with Crippen LogP contribution in [0.5, 0.6) is 0 Å². The Hall–Kier alpha value is -0.930. The zero-order valence-corrected chi connectivity index (χ0v) is 11.8. The minimum atomic E-state index is -0.915. The minimum Gasteiger partial charge on any atom is -0.385 e. The summed E-state index contributed by atoms with van der Waals surface area (Å²) in [4.78, 5) is 0. The van der Waals surface area contributed by atoms with Crippen molar-refractivity contribution >= 4 is 0 Å². The molecular weight excluding hydrogens is 229 g/mol. The molecule has 18 heavy (non-hydrogen) atoms. The van der Waals surface area contributed by atoms with Gasteiger partial charge in [0.2, 0.25) is 0 Å². The Morgan fingerprint density at radius 1 is 1.39 bits per heavy atom. The summed E-state index contributed by atoms with van der Waals surface area (Å²) >= 11 is 0. The number of benzene rings is 1. The van der Waals surface area contributed by atoms with Crippen LogP contribution in [0.2, 0.25) is 0 Å². The van der Waals surface area contributed by atoms with Crippen molar-refractivity contribution in [1.29, 1.82) is 0 Å². The van der Waals surface area contributed by atoms with E-state index >= 15 is 0 Å². The molecule has 1 atom stereocenters. The van der Waals surface area contributed by atoms with Gasteiger partial charge in [-0.2, -0.15) is 0 Å². The van der Waals surface area contributed by atoms with E-state index in [0.717, 1.165) is 24.2 Å². The van der Waals surface area contributed by atoms with Gasteiger partial charge in [-0.1, -0.05) is 19.9 Å². The van der Waals surface area contributed by atoms with Gasteiger partial charge in [0, 0.05) is 0 Å². The smallest absolute Gasteiger partial charge is 0.123 e. The highest BCUT2D eigenvalue weighted by molar-refractivity contribution is 5.31. The fourth-order valence-corrected chi connectivity index (χ4v) is 2.09. The van der Waals surface area contributed by atoms with Crippen molar-refractivity contribution in [2.24, 2.45) is 5.92 Å². The molecule has 0 aliphatic rings. The predicted molar refractivity (Wildman–Crippen MR) is 73.0 cm³/mol. The third-order valence-electron chi connectivity index (χ3n) is 3.11. The summed E-state index contributed by atoms with van der Waals surface area (Å²) in [5, 5.41) is 13.8. The maximum absolute atomic E-state index is 13.0. The average Bonchev–Trinajstić information content (AvgIpc) is 2.23. The van der Waals surface area contributed by atoms with E-state index in [2.05, 4.69) is 19.2 Å². The van der Waals surface area contributed by atoms with Crippen LogP contribution in [-0.2, 0) is 5.60 Å². The number of aliphatic hydroxyl groups is 1. The van der Waals surface area contributed by atoms with Crippen molar-refractivity contribution in [2.75, 3.05) is 13.1 Å². The predicted octanol–water partition coefficient (Wildman–Crippen LogP) is 2.98. The molecule has 0 fully saturated rings. The molecule has 2 nitrogen and oxygen atoms in total. The third kappa shape index (κ3) is 4.39. The average molecular weight is 253 g/mol. The van der Waals surface area contributed by atoms with Crippen molar-refractivity contribution in [3.8, 4) is 0 Å². The highest BCUT2D eigenvalue weighted by atomic mass is 19.1. The molecule has 0 radical (unpaired) electrons. The molecule has 0 spiro atoms. The largest absolute Gasteiger partial charge is 0.385 e. The summed E-state index contributed by atoms with van der Waals surface area (Å²) < 4.78 is 13.0. The van der Waals surface area contributed by atoms with E-state index in [1.807, 2.05) is 6.92 Å². The van der Waals surface area contributed by atoms with Gasteiger partial charge >= 0.3 is 0 Å². The summed E-state index contributed by atoms with van der Waals surface area (Å²) in [7, 11) is 0. The van der Waals surface area contributed by atoms with Crippen LogP contribution in [-0.4, -0.2) is 18.2 Å². The Balaban J connectivity index is 2.62. The first-order chi connectivity index (χ1) is 8.33. The molecule has 1 aromatic rings. The Labute approximate surface area is 109 Å². The lowest BCUT2D eigenvalue weighted by molar-refractivity contribution is 0.0471. The van der Waals surface area contributed by atoms with Crippen molar-refractivity contribution < 1.29 is 9.50 Å². The Morgan fingerprint density at radius 3 is 2.61 bits per heavy atom. The van der Waals surface area contributed by atoms with Crippen LogP contribution in [0.15, 0.2) is 18.2 Å². The zero-order chi connectivity index (χ0) is 13.8. The number of hydrogen-bond donors (Lipinski definition) is 2. The van der Waals surface area contributed by atoms with E-state index in [-0.39, 0.29) is 5.82 Å². The lowest BCUT2D eigenvalue weighted by Crippen LogP contribution is -2.30. The molecular formula is C15H24FNO. The van der Waals surface area contributed by atoms with Crippen LogP contribution >= 0.6 is 0 Å². The summed E-state index contributed by atoms with van der Waals surface area (Å²) in [6, 6.07) is 4.54. The summed E-state index contributed by atoms with van der Waals surface area (Å²) in [6.45, 7) is 9.60. The highest BCUT2D eigenvalue weighted by Gasteiger charge is 2.24. The Morgan fingerprint density at radius 2 is 2.06 bits per heavy atom. The van der Waals surface area contributed by atoms with Gasteiger partial charge in [0.25, 0.3) is 0 Å². The number of rotatable bonds is 6. The van der Waals surface area contributed by atoms with E-state index < -0.39 is 5.60 Å². The molecule has 3 heteroatoms. The molecule has 1 aromatic carbocycles. The monoisotopic (exact) mass is 253 g/mol. The van der Waals surface area contributed by atoms with E-state index in [0.29, 0.717) is 12.3 Å². The summed E-state index contributed by atoms with van der Waals surface area (Å²) in [5.41, 5.74) is 0.681. The first kappa shape index (κ1) is 15.1. The van der Waals surface area contributed by atoms with Crippen molar-refractivity contribution in [2.45, 2.75) is 39.7 Å². The molecule has 0 aliphatic heterocycles. The van der Waals surface area contributed by atoms with Crippen LogP contribution in [0.1, 0.15) is 38.3 Å². The zero-order valence-electron chi connectivity index (χ0n) is 11.8. The van der Waals surface area contributed by atoms with E-state index in [4.69, 9.17) is 0 Å². The van der Waals surface area contributed by atoms with Crippen LogP contribution < -0.4 is 5.32 Å². The number of nitrogens with one attached hydrogen (secondary N) is 1. The van der Waals surface area contributed by atoms with Crippen LogP contribution in [0, 0.1) is 18.7 Å². The van der Waals surface area contributed by atoms with Gasteiger partial charge in [0.15, 0.2) is 0 Å². The highest BCUT2D eigenvalue weighted by Crippen LogP contribution is 2.27. The lowest BCUT2D eigenvalue weighted by Gasteiger charge is -2.26. The maximum Gasteiger partial charge on any atom is 0.123 e. The molecule has 102 valence electrons. The van der Waals surface area contributed by atoms with Gasteiger partial charge in [-0.15, -0.1) is 0 Å².